The van der Waals surface area contributed by atoms with E-state index in [2.05, 4.69) is 50.3 Å². The van der Waals surface area contributed by atoms with Crippen LogP contribution in [0.3, 0.4) is 0 Å². The van der Waals surface area contributed by atoms with Crippen LogP contribution in [0.2, 0.25) is 0 Å². The van der Waals surface area contributed by atoms with E-state index in [0.717, 1.165) is 6.42 Å². The average molecular weight is 226 g/mol. The summed E-state index contributed by atoms with van der Waals surface area (Å²) >= 11 is 1.74. The zero-order valence-corrected chi connectivity index (χ0v) is 11.2. The van der Waals surface area contributed by atoms with E-state index >= 15 is 0 Å². The van der Waals surface area contributed by atoms with Crippen molar-refractivity contribution in [1.29, 1.82) is 0 Å². The second kappa shape index (κ2) is 5.08. The highest BCUT2D eigenvalue weighted by Crippen LogP contribution is 2.30. The monoisotopic (exact) mass is 226 g/mol. The highest BCUT2D eigenvalue weighted by molar-refractivity contribution is 7.09. The first-order valence-corrected chi connectivity index (χ1v) is 6.49. The molecule has 3 heteroatoms. The zero-order chi connectivity index (χ0) is 11.5. The van der Waals surface area contributed by atoms with Crippen molar-refractivity contribution >= 4 is 11.3 Å². The van der Waals surface area contributed by atoms with Gasteiger partial charge < -0.3 is 5.32 Å². The summed E-state index contributed by atoms with van der Waals surface area (Å²) in [7, 11) is 0. The van der Waals surface area contributed by atoms with Gasteiger partial charge in [-0.3, -0.25) is 0 Å². The fraction of sp³-hybridized carbons (Fsp3) is 0.750. The molecule has 0 aliphatic carbocycles. The highest BCUT2D eigenvalue weighted by Gasteiger charge is 2.30. The van der Waals surface area contributed by atoms with Gasteiger partial charge >= 0.3 is 0 Å². The molecular formula is C12H22N2S. The predicted molar refractivity (Wildman–Crippen MR) is 67.2 cm³/mol. The lowest BCUT2D eigenvalue weighted by Gasteiger charge is -2.32. The number of hydrogen-bond donors (Lipinski definition) is 1. The van der Waals surface area contributed by atoms with Gasteiger partial charge in [0, 0.05) is 17.6 Å². The Morgan fingerprint density at radius 1 is 1.40 bits per heavy atom. The summed E-state index contributed by atoms with van der Waals surface area (Å²) in [6, 6.07) is 0.484. The second-order valence-electron chi connectivity index (χ2n) is 5.07. The van der Waals surface area contributed by atoms with Crippen LogP contribution >= 0.6 is 11.3 Å². The largest absolute Gasteiger partial charge is 0.303 e. The molecule has 1 rings (SSSR count). The fourth-order valence-electron chi connectivity index (χ4n) is 2.16. The second-order valence-corrected chi connectivity index (χ2v) is 5.96. The molecule has 86 valence electrons. The molecule has 1 unspecified atom stereocenters. The topological polar surface area (TPSA) is 24.9 Å². The van der Waals surface area contributed by atoms with Crippen molar-refractivity contribution in [1.82, 2.24) is 10.3 Å². The summed E-state index contributed by atoms with van der Waals surface area (Å²) in [5.41, 5.74) is 0.0243. The van der Waals surface area contributed by atoms with Crippen molar-refractivity contribution in [2.45, 2.75) is 52.6 Å². The van der Waals surface area contributed by atoms with Gasteiger partial charge in [-0.2, -0.15) is 0 Å². The van der Waals surface area contributed by atoms with Gasteiger partial charge in [-0.15, -0.1) is 11.3 Å². The first-order chi connectivity index (χ1) is 6.94. The third-order valence-electron chi connectivity index (χ3n) is 2.33. The third-order valence-corrected chi connectivity index (χ3v) is 3.37. The van der Waals surface area contributed by atoms with Crippen molar-refractivity contribution in [3.8, 4) is 0 Å². The molecular weight excluding hydrogens is 204 g/mol. The standard InChI is InChI=1S/C12H22N2S/c1-9(2)8-12(5,14-10(3)4)11-13-6-7-15-11/h6-7,9-10,14H,8H2,1-5H3. The van der Waals surface area contributed by atoms with Crippen LogP contribution in [-0.2, 0) is 5.54 Å². The van der Waals surface area contributed by atoms with E-state index in [1.54, 1.807) is 11.3 Å². The first kappa shape index (κ1) is 12.7. The molecule has 1 aromatic heterocycles. The SMILES string of the molecule is CC(C)CC(C)(NC(C)C)c1nccs1. The minimum Gasteiger partial charge on any atom is -0.303 e. The van der Waals surface area contributed by atoms with Crippen molar-refractivity contribution in [3.05, 3.63) is 16.6 Å². The maximum absolute atomic E-state index is 4.45. The summed E-state index contributed by atoms with van der Waals surface area (Å²) in [6.07, 6.45) is 3.01. The summed E-state index contributed by atoms with van der Waals surface area (Å²) < 4.78 is 0. The van der Waals surface area contributed by atoms with Crippen LogP contribution in [0, 0.1) is 5.92 Å². The van der Waals surface area contributed by atoms with Crippen LogP contribution in [-0.4, -0.2) is 11.0 Å². The van der Waals surface area contributed by atoms with Crippen molar-refractivity contribution in [2.24, 2.45) is 5.92 Å². The molecule has 0 radical (unpaired) electrons. The quantitative estimate of drug-likeness (QED) is 0.832. The Morgan fingerprint density at radius 2 is 2.07 bits per heavy atom. The number of thiazole rings is 1. The summed E-state index contributed by atoms with van der Waals surface area (Å²) in [4.78, 5) is 4.45. The lowest BCUT2D eigenvalue weighted by atomic mass is 9.90. The molecule has 1 atom stereocenters. The smallest absolute Gasteiger partial charge is 0.112 e. The normalized spacial score (nSPS) is 15.9. The van der Waals surface area contributed by atoms with Crippen LogP contribution < -0.4 is 5.32 Å². The minimum atomic E-state index is 0.0243. The van der Waals surface area contributed by atoms with Gasteiger partial charge in [0.15, 0.2) is 0 Å². The summed E-state index contributed by atoms with van der Waals surface area (Å²) in [5.74, 6) is 0.671. The van der Waals surface area contributed by atoms with Crippen molar-refractivity contribution in [2.75, 3.05) is 0 Å². The Bertz CT molecular complexity index is 268. The van der Waals surface area contributed by atoms with Gasteiger partial charge in [0.05, 0.1) is 5.54 Å². The van der Waals surface area contributed by atoms with E-state index in [0.29, 0.717) is 12.0 Å². The molecule has 0 aliphatic heterocycles. The van der Waals surface area contributed by atoms with Crippen LogP contribution in [0.25, 0.3) is 0 Å². The van der Waals surface area contributed by atoms with Crippen molar-refractivity contribution in [3.63, 3.8) is 0 Å². The molecule has 0 amide bonds. The van der Waals surface area contributed by atoms with Crippen LogP contribution in [0.1, 0.15) is 46.0 Å². The van der Waals surface area contributed by atoms with E-state index < -0.39 is 0 Å². The van der Waals surface area contributed by atoms with Gasteiger partial charge in [-0.1, -0.05) is 13.8 Å². The molecule has 0 bridgehead atoms. The van der Waals surface area contributed by atoms with E-state index in [1.165, 1.54) is 5.01 Å². The maximum atomic E-state index is 4.45. The van der Waals surface area contributed by atoms with Crippen LogP contribution in [0.5, 0.6) is 0 Å². The van der Waals surface area contributed by atoms with E-state index in [1.807, 2.05) is 6.20 Å². The Morgan fingerprint density at radius 3 is 2.47 bits per heavy atom. The number of nitrogens with one attached hydrogen (secondary N) is 1. The molecule has 0 spiro atoms. The van der Waals surface area contributed by atoms with Gasteiger partial charge in [0.2, 0.25) is 0 Å². The Kier molecular flexibility index (Phi) is 4.29. The number of nitrogens with zero attached hydrogens (tertiary/aromatic N) is 1. The molecule has 0 aliphatic rings. The number of hydrogen-bond acceptors (Lipinski definition) is 3. The fourth-order valence-corrected chi connectivity index (χ4v) is 2.93. The molecule has 0 saturated heterocycles. The van der Waals surface area contributed by atoms with Gasteiger partial charge in [0.25, 0.3) is 0 Å². The lowest BCUT2D eigenvalue weighted by Crippen LogP contribution is -2.44. The third kappa shape index (κ3) is 3.58. The molecule has 0 fully saturated rings. The van der Waals surface area contributed by atoms with Gasteiger partial charge in [-0.25, -0.2) is 4.98 Å². The van der Waals surface area contributed by atoms with Gasteiger partial charge in [-0.05, 0) is 33.1 Å². The lowest BCUT2D eigenvalue weighted by molar-refractivity contribution is 0.275. The predicted octanol–water partition coefficient (Wildman–Crippen LogP) is 3.40. The van der Waals surface area contributed by atoms with E-state index in [4.69, 9.17) is 0 Å². The number of rotatable bonds is 5. The molecule has 0 saturated carbocycles. The van der Waals surface area contributed by atoms with Crippen molar-refractivity contribution < 1.29 is 0 Å². The Labute approximate surface area is 97.1 Å². The Balaban J connectivity index is 2.85. The number of aromatic nitrogens is 1. The molecule has 0 aromatic carbocycles. The Hall–Kier alpha value is -0.410. The molecule has 15 heavy (non-hydrogen) atoms. The molecule has 2 nitrogen and oxygen atoms in total. The summed E-state index contributed by atoms with van der Waals surface area (Å²) in [6.45, 7) is 11.1. The highest BCUT2D eigenvalue weighted by atomic mass is 32.1. The molecule has 1 heterocycles. The van der Waals surface area contributed by atoms with Gasteiger partial charge in [0.1, 0.15) is 5.01 Å². The first-order valence-electron chi connectivity index (χ1n) is 5.61. The minimum absolute atomic E-state index is 0.0243. The average Bonchev–Trinajstić information content (AvgIpc) is 2.51. The van der Waals surface area contributed by atoms with E-state index in [9.17, 15) is 0 Å². The van der Waals surface area contributed by atoms with E-state index in [-0.39, 0.29) is 5.54 Å². The maximum Gasteiger partial charge on any atom is 0.112 e. The zero-order valence-electron chi connectivity index (χ0n) is 10.4. The summed E-state index contributed by atoms with van der Waals surface area (Å²) in [5, 5.41) is 6.89. The molecule has 1 aromatic rings. The van der Waals surface area contributed by atoms with Crippen LogP contribution in [0.15, 0.2) is 11.6 Å². The van der Waals surface area contributed by atoms with Crippen LogP contribution in [0.4, 0.5) is 0 Å². The molecule has 1 N–H and O–H groups in total.